The molecule has 2 atom stereocenters. The second kappa shape index (κ2) is 13.5. The summed E-state index contributed by atoms with van der Waals surface area (Å²) in [5.41, 5.74) is 6.06. The van der Waals surface area contributed by atoms with Crippen LogP contribution in [0.5, 0.6) is 5.75 Å². The molecule has 0 heterocycles. The molecule has 9 nitrogen and oxygen atoms in total. The Morgan fingerprint density at radius 3 is 2.18 bits per heavy atom. The lowest BCUT2D eigenvalue weighted by atomic mass is 10.0. The first-order chi connectivity index (χ1) is 13.0. The van der Waals surface area contributed by atoms with Crippen LogP contribution in [-0.2, 0) is 20.8 Å². The molecule has 0 unspecified atom stereocenters. The molecule has 158 valence electrons. The Balaban J connectivity index is 0.000000684. The number of phenols is 1. The van der Waals surface area contributed by atoms with E-state index >= 15 is 0 Å². The van der Waals surface area contributed by atoms with E-state index in [1.54, 1.807) is 24.3 Å². The van der Waals surface area contributed by atoms with Crippen LogP contribution < -0.4 is 11.1 Å². The number of carbonyl (C=O) groups is 3. The van der Waals surface area contributed by atoms with Crippen molar-refractivity contribution in [1.82, 2.24) is 5.32 Å². The molecule has 0 bridgehead atoms. The molecule has 0 aromatic heterocycles. The highest BCUT2D eigenvalue weighted by Crippen LogP contribution is 2.13. The summed E-state index contributed by atoms with van der Waals surface area (Å²) >= 11 is 0. The van der Waals surface area contributed by atoms with Gasteiger partial charge in [0.1, 0.15) is 17.8 Å². The van der Waals surface area contributed by atoms with Crippen molar-refractivity contribution >= 4 is 17.9 Å². The first-order valence-electron chi connectivity index (χ1n) is 8.97. The minimum atomic E-state index is -1.01. The van der Waals surface area contributed by atoms with Crippen molar-refractivity contribution in [2.45, 2.75) is 51.6 Å². The fourth-order valence-electron chi connectivity index (χ4n) is 2.30. The monoisotopic (exact) mass is 398 g/mol. The fraction of sp³-hybridized carbons (Fsp3) is 0.526. The van der Waals surface area contributed by atoms with E-state index in [-0.39, 0.29) is 18.7 Å². The highest BCUT2D eigenvalue weighted by molar-refractivity contribution is 5.73. The minimum Gasteiger partial charge on any atom is -0.508 e. The third-order valence-electron chi connectivity index (χ3n) is 3.70. The normalized spacial score (nSPS) is 12.6. The number of hydrogen-bond donors (Lipinski definition) is 6. The van der Waals surface area contributed by atoms with Crippen LogP contribution in [0, 0.1) is 5.92 Å². The molecule has 1 rings (SSSR count). The summed E-state index contributed by atoms with van der Waals surface area (Å²) in [5.74, 6) is -2.39. The first kappa shape index (κ1) is 25.4. The lowest BCUT2D eigenvalue weighted by Gasteiger charge is -2.13. The first-order valence-corrected chi connectivity index (χ1v) is 8.97. The highest BCUT2D eigenvalue weighted by Gasteiger charge is 2.16. The van der Waals surface area contributed by atoms with Gasteiger partial charge in [-0.1, -0.05) is 26.0 Å². The number of benzene rings is 1. The Morgan fingerprint density at radius 2 is 1.75 bits per heavy atom. The van der Waals surface area contributed by atoms with Crippen molar-refractivity contribution in [2.24, 2.45) is 11.7 Å². The molecule has 1 aromatic carbocycles. The van der Waals surface area contributed by atoms with Crippen LogP contribution in [0.2, 0.25) is 0 Å². The molecule has 0 saturated heterocycles. The Hall–Kier alpha value is -2.65. The maximum absolute atomic E-state index is 11.0. The van der Waals surface area contributed by atoms with Crippen molar-refractivity contribution in [3.8, 4) is 5.75 Å². The summed E-state index contributed by atoms with van der Waals surface area (Å²) in [4.78, 5) is 31.5. The lowest BCUT2D eigenvalue weighted by molar-refractivity contribution is -0.141. The zero-order valence-electron chi connectivity index (χ0n) is 16.2. The summed E-state index contributed by atoms with van der Waals surface area (Å²) in [6, 6.07) is 5.14. The Bertz CT molecular complexity index is 634. The summed E-state index contributed by atoms with van der Waals surface area (Å²) in [7, 11) is 0. The number of aromatic hydroxyl groups is 1. The average Bonchev–Trinajstić information content (AvgIpc) is 2.57. The molecule has 0 radical (unpaired) electrons. The molecule has 0 spiro atoms. The quantitative estimate of drug-likeness (QED) is 0.321. The van der Waals surface area contributed by atoms with Crippen molar-refractivity contribution in [1.29, 1.82) is 0 Å². The van der Waals surface area contributed by atoms with E-state index in [0.717, 1.165) is 5.56 Å². The zero-order chi connectivity index (χ0) is 21.7. The highest BCUT2D eigenvalue weighted by atomic mass is 16.4. The average molecular weight is 398 g/mol. The molecule has 0 saturated carbocycles. The molecule has 0 fully saturated rings. The van der Waals surface area contributed by atoms with Crippen molar-refractivity contribution in [2.75, 3.05) is 6.54 Å². The van der Waals surface area contributed by atoms with Gasteiger partial charge >= 0.3 is 17.9 Å². The molecule has 0 aliphatic carbocycles. The van der Waals surface area contributed by atoms with E-state index < -0.39 is 30.0 Å². The molecule has 0 amide bonds. The predicted molar refractivity (Wildman–Crippen MR) is 103 cm³/mol. The van der Waals surface area contributed by atoms with Crippen molar-refractivity contribution in [3.05, 3.63) is 29.8 Å². The maximum atomic E-state index is 11.0. The van der Waals surface area contributed by atoms with Crippen LogP contribution in [0.25, 0.3) is 0 Å². The third-order valence-corrected chi connectivity index (χ3v) is 3.70. The lowest BCUT2D eigenvalue weighted by Crippen LogP contribution is -2.38. The largest absolute Gasteiger partial charge is 0.508 e. The molecule has 0 aliphatic rings. The van der Waals surface area contributed by atoms with Crippen LogP contribution in [0.15, 0.2) is 24.3 Å². The maximum Gasteiger partial charge on any atom is 0.320 e. The topological polar surface area (TPSA) is 170 Å². The van der Waals surface area contributed by atoms with Gasteiger partial charge in [-0.15, -0.1) is 0 Å². The van der Waals surface area contributed by atoms with E-state index in [0.29, 0.717) is 25.2 Å². The van der Waals surface area contributed by atoms with Gasteiger partial charge in [0.15, 0.2) is 0 Å². The second-order valence-corrected chi connectivity index (χ2v) is 6.77. The van der Waals surface area contributed by atoms with E-state index in [4.69, 9.17) is 21.1 Å². The van der Waals surface area contributed by atoms with E-state index in [2.05, 4.69) is 5.32 Å². The Morgan fingerprint density at radius 1 is 1.11 bits per heavy atom. The van der Waals surface area contributed by atoms with E-state index in [1.807, 2.05) is 13.8 Å². The number of nitrogens with two attached hydrogens (primary N) is 1. The number of hydrogen-bond acceptors (Lipinski definition) is 6. The summed E-state index contributed by atoms with van der Waals surface area (Å²) in [5, 5.41) is 37.8. The zero-order valence-corrected chi connectivity index (χ0v) is 16.2. The molecule has 0 aliphatic heterocycles. The smallest absolute Gasteiger partial charge is 0.320 e. The summed E-state index contributed by atoms with van der Waals surface area (Å²) in [6.07, 6.45) is 1.26. The number of carboxylic acids is 3. The Kier molecular flexibility index (Phi) is 12.2. The van der Waals surface area contributed by atoms with Gasteiger partial charge in [0.05, 0.1) is 6.42 Å². The molecule has 28 heavy (non-hydrogen) atoms. The van der Waals surface area contributed by atoms with Gasteiger partial charge in [0, 0.05) is 6.54 Å². The number of aryl methyl sites for hydroxylation is 1. The molecular formula is C19H30N2O7. The van der Waals surface area contributed by atoms with Gasteiger partial charge in [-0.2, -0.15) is 0 Å². The number of aliphatic carboxylic acids is 3. The molecule has 7 N–H and O–H groups in total. The standard InChI is InChI=1S/C13H17NO5.C6H13NO2/c15-10-3-1-2-9(8-10)4-5-11(13(18)19)14-7-6-12(16)17;1-4(2)3-5(7)6(8)9/h1-3,8,11,14-15H,4-7H2,(H,16,17)(H,18,19);4-5H,3,7H2,1-2H3,(H,8,9)/t11-;5-/m10/s1. The van der Waals surface area contributed by atoms with Crippen molar-refractivity contribution < 1.29 is 34.8 Å². The number of rotatable bonds is 11. The molecular weight excluding hydrogens is 368 g/mol. The molecule has 9 heteroatoms. The summed E-state index contributed by atoms with van der Waals surface area (Å²) < 4.78 is 0. The van der Waals surface area contributed by atoms with Crippen LogP contribution in [0.4, 0.5) is 0 Å². The van der Waals surface area contributed by atoms with Crippen LogP contribution in [0.1, 0.15) is 38.7 Å². The number of phenolic OH excluding ortho intramolecular Hbond substituents is 1. The van der Waals surface area contributed by atoms with Crippen LogP contribution >= 0.6 is 0 Å². The Labute approximate surface area is 164 Å². The SMILES string of the molecule is CC(C)C[C@H](N)C(=O)O.O=C(O)CCN[C@H](CCc1cccc(O)c1)C(=O)O. The number of nitrogens with one attached hydrogen (secondary N) is 1. The van der Waals surface area contributed by atoms with Gasteiger partial charge in [0.25, 0.3) is 0 Å². The second-order valence-electron chi connectivity index (χ2n) is 6.77. The number of carboxylic acid groups (broad SMARTS) is 3. The van der Waals surface area contributed by atoms with Crippen LogP contribution in [-0.4, -0.2) is 57.0 Å². The predicted octanol–water partition coefficient (Wildman–Crippen LogP) is 1.29. The van der Waals surface area contributed by atoms with E-state index in [9.17, 15) is 19.5 Å². The van der Waals surface area contributed by atoms with Gasteiger partial charge in [-0.05, 0) is 42.9 Å². The van der Waals surface area contributed by atoms with Gasteiger partial charge in [0.2, 0.25) is 0 Å². The van der Waals surface area contributed by atoms with Crippen LogP contribution in [0.3, 0.4) is 0 Å². The molecule has 1 aromatic rings. The van der Waals surface area contributed by atoms with Gasteiger partial charge < -0.3 is 31.5 Å². The third kappa shape index (κ3) is 12.7. The van der Waals surface area contributed by atoms with E-state index in [1.165, 1.54) is 0 Å². The van der Waals surface area contributed by atoms with Gasteiger partial charge in [-0.3, -0.25) is 14.4 Å². The van der Waals surface area contributed by atoms with Gasteiger partial charge in [-0.25, -0.2) is 0 Å². The summed E-state index contributed by atoms with van der Waals surface area (Å²) in [6.45, 7) is 4.01. The minimum absolute atomic E-state index is 0.115. The van der Waals surface area contributed by atoms with Crippen molar-refractivity contribution in [3.63, 3.8) is 0 Å². The fourth-order valence-corrected chi connectivity index (χ4v) is 2.30.